The third-order valence-corrected chi connectivity index (χ3v) is 4.77. The van der Waals surface area contributed by atoms with Crippen molar-refractivity contribution < 1.29 is 14.3 Å². The van der Waals surface area contributed by atoms with Crippen LogP contribution in [0.25, 0.3) is 0 Å². The van der Waals surface area contributed by atoms with Crippen molar-refractivity contribution >= 4 is 35.8 Å². The molecule has 7 nitrogen and oxygen atoms in total. The minimum atomic E-state index is -0.0688. The van der Waals surface area contributed by atoms with Crippen molar-refractivity contribution in [2.45, 2.75) is 31.8 Å². The number of hydrogen-bond acceptors (Lipinski definition) is 4. The summed E-state index contributed by atoms with van der Waals surface area (Å²) >= 11 is 0. The minimum Gasteiger partial charge on any atom is -0.496 e. The van der Waals surface area contributed by atoms with Crippen LogP contribution in [-0.2, 0) is 17.8 Å². The molecule has 1 saturated carbocycles. The first-order valence-corrected chi connectivity index (χ1v) is 10.3. The van der Waals surface area contributed by atoms with E-state index in [9.17, 15) is 4.79 Å². The zero-order chi connectivity index (χ0) is 21.2. The van der Waals surface area contributed by atoms with E-state index in [2.05, 4.69) is 27.0 Å². The molecule has 0 unspecified atom stereocenters. The van der Waals surface area contributed by atoms with Gasteiger partial charge in [-0.1, -0.05) is 30.3 Å². The Bertz CT molecular complexity index is 871. The lowest BCUT2D eigenvalue weighted by atomic mass is 10.1. The Morgan fingerprint density at radius 2 is 1.94 bits per heavy atom. The van der Waals surface area contributed by atoms with Crippen molar-refractivity contribution in [2.75, 3.05) is 27.3 Å². The van der Waals surface area contributed by atoms with E-state index < -0.39 is 0 Å². The smallest absolute Gasteiger partial charge is 0.258 e. The summed E-state index contributed by atoms with van der Waals surface area (Å²) in [5.41, 5.74) is 2.20. The second-order valence-corrected chi connectivity index (χ2v) is 7.19. The Balaban J connectivity index is 0.00000341. The quantitative estimate of drug-likeness (QED) is 0.246. The Labute approximate surface area is 201 Å². The van der Waals surface area contributed by atoms with E-state index in [1.807, 2.05) is 42.5 Å². The molecular weight excluding hydrogens is 507 g/mol. The molecule has 3 N–H and O–H groups in total. The molecule has 3 rings (SSSR count). The van der Waals surface area contributed by atoms with E-state index in [1.165, 1.54) is 0 Å². The number of rotatable bonds is 10. The van der Waals surface area contributed by atoms with Crippen molar-refractivity contribution in [2.24, 2.45) is 4.99 Å². The van der Waals surface area contributed by atoms with Gasteiger partial charge >= 0.3 is 0 Å². The molecule has 0 bridgehead atoms. The summed E-state index contributed by atoms with van der Waals surface area (Å²) in [5, 5.41) is 9.53. The van der Waals surface area contributed by atoms with Crippen molar-refractivity contribution in [3.63, 3.8) is 0 Å². The summed E-state index contributed by atoms with van der Waals surface area (Å²) in [6.45, 7) is 1.37. The van der Waals surface area contributed by atoms with E-state index in [-0.39, 0.29) is 36.5 Å². The summed E-state index contributed by atoms with van der Waals surface area (Å²) in [6, 6.07) is 16.1. The Kier molecular flexibility index (Phi) is 10.4. The number of para-hydroxylation sites is 1. The van der Waals surface area contributed by atoms with E-state index in [0.29, 0.717) is 18.3 Å². The molecule has 31 heavy (non-hydrogen) atoms. The Morgan fingerprint density at radius 3 is 2.68 bits per heavy atom. The van der Waals surface area contributed by atoms with Crippen molar-refractivity contribution in [3.8, 4) is 11.5 Å². The van der Waals surface area contributed by atoms with E-state index in [4.69, 9.17) is 9.47 Å². The van der Waals surface area contributed by atoms with Crippen LogP contribution in [0.4, 0.5) is 0 Å². The van der Waals surface area contributed by atoms with E-state index in [1.54, 1.807) is 14.2 Å². The number of halogens is 1. The number of carbonyl (C=O) groups is 1. The number of nitrogens with zero attached hydrogens (tertiary/aromatic N) is 1. The molecule has 8 heteroatoms. The molecule has 168 valence electrons. The second-order valence-electron chi connectivity index (χ2n) is 7.19. The third-order valence-electron chi connectivity index (χ3n) is 4.77. The van der Waals surface area contributed by atoms with Gasteiger partial charge in [-0.15, -0.1) is 24.0 Å². The number of nitrogens with one attached hydrogen (secondary N) is 3. The summed E-state index contributed by atoms with van der Waals surface area (Å²) in [7, 11) is 3.43. The first kappa shape index (κ1) is 24.8. The number of hydrogen-bond donors (Lipinski definition) is 3. The van der Waals surface area contributed by atoms with Gasteiger partial charge in [-0.3, -0.25) is 9.79 Å². The van der Waals surface area contributed by atoms with Crippen molar-refractivity contribution in [3.05, 3.63) is 59.7 Å². The van der Waals surface area contributed by atoms with Crippen molar-refractivity contribution in [1.82, 2.24) is 16.0 Å². The lowest BCUT2D eigenvalue weighted by Crippen LogP contribution is -2.37. The average Bonchev–Trinajstić information content (AvgIpc) is 3.59. The summed E-state index contributed by atoms with van der Waals surface area (Å²) in [6.07, 6.45) is 2.97. The van der Waals surface area contributed by atoms with Gasteiger partial charge in [0.25, 0.3) is 5.91 Å². The number of benzene rings is 2. The van der Waals surface area contributed by atoms with Crippen LogP contribution in [-0.4, -0.2) is 45.2 Å². The van der Waals surface area contributed by atoms with Gasteiger partial charge in [0.2, 0.25) is 0 Å². The molecular formula is C23H31IN4O3. The molecule has 0 saturated heterocycles. The molecule has 1 fully saturated rings. The maximum atomic E-state index is 11.8. The van der Waals surface area contributed by atoms with Crippen LogP contribution in [0.3, 0.4) is 0 Å². The number of amides is 1. The second kappa shape index (κ2) is 13.0. The lowest BCUT2D eigenvalue weighted by molar-refractivity contribution is -0.123. The molecule has 0 heterocycles. The molecule has 1 aliphatic rings. The zero-order valence-electron chi connectivity index (χ0n) is 18.0. The summed E-state index contributed by atoms with van der Waals surface area (Å²) in [5.74, 6) is 2.23. The summed E-state index contributed by atoms with van der Waals surface area (Å²) < 4.78 is 11.0. The Hall–Kier alpha value is -2.49. The predicted octanol–water partition coefficient (Wildman–Crippen LogP) is 2.88. The van der Waals surface area contributed by atoms with Crippen LogP contribution in [0, 0.1) is 0 Å². The predicted molar refractivity (Wildman–Crippen MR) is 133 cm³/mol. The molecule has 0 spiro atoms. The fourth-order valence-electron chi connectivity index (χ4n) is 3.02. The van der Waals surface area contributed by atoms with Crippen molar-refractivity contribution in [1.29, 1.82) is 0 Å². The molecule has 0 atom stereocenters. The minimum absolute atomic E-state index is 0. The molecule has 1 aliphatic carbocycles. The van der Waals surface area contributed by atoms with Crippen LogP contribution in [0.5, 0.6) is 11.5 Å². The molecule has 1 amide bonds. The van der Waals surface area contributed by atoms with Gasteiger partial charge in [-0.25, -0.2) is 0 Å². The lowest BCUT2D eigenvalue weighted by Gasteiger charge is -2.14. The maximum absolute atomic E-state index is 11.8. The zero-order valence-corrected chi connectivity index (χ0v) is 20.3. The van der Waals surface area contributed by atoms with Crippen LogP contribution in [0.1, 0.15) is 24.0 Å². The van der Waals surface area contributed by atoms with Crippen LogP contribution >= 0.6 is 24.0 Å². The van der Waals surface area contributed by atoms with Gasteiger partial charge in [0, 0.05) is 26.2 Å². The maximum Gasteiger partial charge on any atom is 0.258 e. The van der Waals surface area contributed by atoms with Crippen LogP contribution in [0.15, 0.2) is 53.5 Å². The third kappa shape index (κ3) is 8.64. The van der Waals surface area contributed by atoms with E-state index in [0.717, 1.165) is 48.6 Å². The van der Waals surface area contributed by atoms with Gasteiger partial charge in [-0.2, -0.15) is 0 Å². The number of carbonyl (C=O) groups excluding carboxylic acids is 1. The molecule has 2 aromatic carbocycles. The molecule has 2 aromatic rings. The number of methoxy groups -OCH3 is 1. The molecule has 0 aliphatic heterocycles. The first-order chi connectivity index (χ1) is 14.7. The number of guanidine groups is 1. The topological polar surface area (TPSA) is 84.0 Å². The standard InChI is InChI=1S/C23H30N4O3.HI/c1-24-23(25-13-12-18-7-3-4-9-21(18)29-2)26-15-17-6-5-8-20(14-17)30-16-22(28)27-19-10-11-19;/h3-9,14,19H,10-13,15-16H2,1-2H3,(H,27,28)(H2,24,25,26);1H. The van der Waals surface area contributed by atoms with Gasteiger partial charge < -0.3 is 25.4 Å². The molecule has 0 radical (unpaired) electrons. The highest BCUT2D eigenvalue weighted by Gasteiger charge is 2.23. The van der Waals surface area contributed by atoms with Gasteiger partial charge in [0.1, 0.15) is 11.5 Å². The number of aliphatic imine (C=N–C) groups is 1. The number of ether oxygens (including phenoxy) is 2. The van der Waals surface area contributed by atoms with Gasteiger partial charge in [0.15, 0.2) is 12.6 Å². The fourth-order valence-corrected chi connectivity index (χ4v) is 3.02. The monoisotopic (exact) mass is 538 g/mol. The highest BCUT2D eigenvalue weighted by molar-refractivity contribution is 14.0. The largest absolute Gasteiger partial charge is 0.496 e. The van der Waals surface area contributed by atoms with E-state index >= 15 is 0 Å². The average molecular weight is 538 g/mol. The highest BCUT2D eigenvalue weighted by atomic mass is 127. The first-order valence-electron chi connectivity index (χ1n) is 10.3. The highest BCUT2D eigenvalue weighted by Crippen LogP contribution is 2.19. The molecule has 0 aromatic heterocycles. The van der Waals surface area contributed by atoms with Gasteiger partial charge in [-0.05, 0) is 48.6 Å². The fraction of sp³-hybridized carbons (Fsp3) is 0.391. The summed E-state index contributed by atoms with van der Waals surface area (Å²) in [4.78, 5) is 16.0. The van der Waals surface area contributed by atoms with Gasteiger partial charge in [0.05, 0.1) is 7.11 Å². The normalized spacial score (nSPS) is 13.0. The SMILES string of the molecule is CN=C(NCCc1ccccc1OC)NCc1cccc(OCC(=O)NC2CC2)c1.I. The van der Waals surface area contributed by atoms with Crippen LogP contribution < -0.4 is 25.4 Å². The Morgan fingerprint density at radius 1 is 1.13 bits per heavy atom. The van der Waals surface area contributed by atoms with Crippen LogP contribution in [0.2, 0.25) is 0 Å².